The monoisotopic (exact) mass is 296 g/mol. The van der Waals surface area contributed by atoms with Crippen molar-refractivity contribution < 1.29 is 4.79 Å². The Kier molecular flexibility index (Phi) is 6.03. The first kappa shape index (κ1) is 17.0. The van der Waals surface area contributed by atoms with Gasteiger partial charge in [-0.3, -0.25) is 4.79 Å². The summed E-state index contributed by atoms with van der Waals surface area (Å²) in [5.41, 5.74) is 7.18. The topological polar surface area (TPSA) is 46.3 Å². The van der Waals surface area contributed by atoms with Crippen molar-refractivity contribution in [3.8, 4) is 0 Å². The number of benzene rings is 1. The zero-order valence-corrected chi connectivity index (χ0v) is 13.3. The second-order valence-corrected chi connectivity index (χ2v) is 5.73. The van der Waals surface area contributed by atoms with Gasteiger partial charge in [-0.2, -0.15) is 0 Å². The zero-order chi connectivity index (χ0) is 14.0. The maximum Gasteiger partial charge on any atom is 0.227 e. The number of likely N-dealkylation sites (tertiary alicyclic amines) is 1. The van der Waals surface area contributed by atoms with Crippen LogP contribution in [0.15, 0.2) is 30.3 Å². The van der Waals surface area contributed by atoms with Gasteiger partial charge in [0.15, 0.2) is 0 Å². The molecule has 2 N–H and O–H groups in total. The van der Waals surface area contributed by atoms with Gasteiger partial charge in [-0.05, 0) is 25.8 Å². The van der Waals surface area contributed by atoms with E-state index < -0.39 is 0 Å². The quantitative estimate of drug-likeness (QED) is 0.932. The van der Waals surface area contributed by atoms with E-state index in [2.05, 4.69) is 31.2 Å². The summed E-state index contributed by atoms with van der Waals surface area (Å²) in [6.07, 6.45) is 1.04. The number of carbonyl (C=O) groups excluding carboxylic acids is 1. The van der Waals surface area contributed by atoms with Crippen LogP contribution in [0.2, 0.25) is 0 Å². The highest BCUT2D eigenvalue weighted by Gasteiger charge is 2.36. The van der Waals surface area contributed by atoms with Crippen molar-refractivity contribution in [3.05, 3.63) is 35.9 Å². The molecule has 4 unspecified atom stereocenters. The van der Waals surface area contributed by atoms with Crippen molar-refractivity contribution in [1.82, 2.24) is 4.90 Å². The van der Waals surface area contributed by atoms with Crippen molar-refractivity contribution in [1.29, 1.82) is 0 Å². The minimum Gasteiger partial charge on any atom is -0.339 e. The fraction of sp³-hybridized carbons (Fsp3) is 0.562. The highest BCUT2D eigenvalue weighted by Crippen LogP contribution is 2.34. The van der Waals surface area contributed by atoms with Gasteiger partial charge in [-0.15, -0.1) is 12.4 Å². The predicted molar refractivity (Wildman–Crippen MR) is 85.0 cm³/mol. The lowest BCUT2D eigenvalue weighted by molar-refractivity contribution is -0.136. The third kappa shape index (κ3) is 3.33. The Morgan fingerprint density at radius 3 is 2.45 bits per heavy atom. The van der Waals surface area contributed by atoms with Crippen LogP contribution in [0, 0.1) is 5.92 Å². The van der Waals surface area contributed by atoms with Crippen LogP contribution in [0.25, 0.3) is 0 Å². The average Bonchev–Trinajstić information content (AvgIpc) is 2.79. The Hall–Kier alpha value is -1.06. The number of nitrogens with zero attached hydrogens (tertiary/aromatic N) is 1. The Labute approximate surface area is 127 Å². The minimum atomic E-state index is -0.100. The van der Waals surface area contributed by atoms with Crippen molar-refractivity contribution in [3.63, 3.8) is 0 Å². The van der Waals surface area contributed by atoms with E-state index in [1.54, 1.807) is 0 Å². The molecule has 1 heterocycles. The SMILES string of the molecule is CC(N)C(C)C(=O)N1CCC(c2ccccc2)C1C.Cl. The Bertz CT molecular complexity index is 435. The summed E-state index contributed by atoms with van der Waals surface area (Å²) >= 11 is 0. The van der Waals surface area contributed by atoms with Crippen LogP contribution in [0.1, 0.15) is 38.7 Å². The molecule has 1 fully saturated rings. The third-order valence-corrected chi connectivity index (χ3v) is 4.44. The maximum atomic E-state index is 12.4. The van der Waals surface area contributed by atoms with E-state index in [-0.39, 0.29) is 36.3 Å². The number of rotatable bonds is 3. The van der Waals surface area contributed by atoms with Crippen molar-refractivity contribution in [2.24, 2.45) is 11.7 Å². The molecular formula is C16H25ClN2O. The van der Waals surface area contributed by atoms with Gasteiger partial charge < -0.3 is 10.6 Å². The third-order valence-electron chi connectivity index (χ3n) is 4.44. The van der Waals surface area contributed by atoms with Crippen LogP contribution in [0.3, 0.4) is 0 Å². The van der Waals surface area contributed by atoms with Crippen molar-refractivity contribution in [2.75, 3.05) is 6.54 Å². The smallest absolute Gasteiger partial charge is 0.227 e. The molecule has 2 rings (SSSR count). The van der Waals surface area contributed by atoms with E-state index in [9.17, 15) is 4.79 Å². The molecule has 0 saturated carbocycles. The van der Waals surface area contributed by atoms with Crippen molar-refractivity contribution in [2.45, 2.75) is 45.2 Å². The van der Waals surface area contributed by atoms with Gasteiger partial charge in [-0.25, -0.2) is 0 Å². The van der Waals surface area contributed by atoms with Crippen LogP contribution in [-0.2, 0) is 4.79 Å². The fourth-order valence-electron chi connectivity index (χ4n) is 2.88. The molecule has 0 aliphatic carbocycles. The van der Waals surface area contributed by atoms with E-state index in [0.717, 1.165) is 13.0 Å². The molecule has 0 aromatic heterocycles. The van der Waals surface area contributed by atoms with Gasteiger partial charge in [-0.1, -0.05) is 37.3 Å². The van der Waals surface area contributed by atoms with Crippen LogP contribution >= 0.6 is 12.4 Å². The minimum absolute atomic E-state index is 0. The number of nitrogens with two attached hydrogens (primary N) is 1. The number of amides is 1. The zero-order valence-electron chi connectivity index (χ0n) is 12.5. The molecule has 1 aromatic carbocycles. The summed E-state index contributed by atoms with van der Waals surface area (Å²) in [6.45, 7) is 6.82. The number of halogens is 1. The largest absolute Gasteiger partial charge is 0.339 e. The highest BCUT2D eigenvalue weighted by atomic mass is 35.5. The normalized spacial score (nSPS) is 24.9. The van der Waals surface area contributed by atoms with E-state index in [4.69, 9.17) is 5.73 Å². The number of hydrogen-bond acceptors (Lipinski definition) is 2. The lowest BCUT2D eigenvalue weighted by atomic mass is 9.92. The standard InChI is InChI=1S/C16H24N2O.ClH/c1-11(12(2)17)16(19)18-10-9-15(13(18)3)14-7-5-4-6-8-14;/h4-8,11-13,15H,9-10,17H2,1-3H3;1H. The summed E-state index contributed by atoms with van der Waals surface area (Å²) in [5, 5.41) is 0. The Morgan fingerprint density at radius 1 is 1.30 bits per heavy atom. The lowest BCUT2D eigenvalue weighted by Crippen LogP contribution is -2.43. The summed E-state index contributed by atoms with van der Waals surface area (Å²) < 4.78 is 0. The molecule has 4 heteroatoms. The molecule has 0 radical (unpaired) electrons. The maximum absolute atomic E-state index is 12.4. The van der Waals surface area contributed by atoms with E-state index in [1.165, 1.54) is 5.56 Å². The Balaban J connectivity index is 0.00000200. The molecule has 0 bridgehead atoms. The molecule has 1 aromatic rings. The fourth-order valence-corrected chi connectivity index (χ4v) is 2.88. The van der Waals surface area contributed by atoms with Crippen LogP contribution in [-0.4, -0.2) is 29.4 Å². The number of carbonyl (C=O) groups is 1. The van der Waals surface area contributed by atoms with Gasteiger partial charge in [0.1, 0.15) is 0 Å². The van der Waals surface area contributed by atoms with Gasteiger partial charge in [0.2, 0.25) is 5.91 Å². The first-order valence-corrected chi connectivity index (χ1v) is 7.13. The first-order chi connectivity index (χ1) is 9.02. The molecule has 1 aliphatic heterocycles. The summed E-state index contributed by atoms with van der Waals surface area (Å²) in [7, 11) is 0. The van der Waals surface area contributed by atoms with Gasteiger partial charge in [0.25, 0.3) is 0 Å². The summed E-state index contributed by atoms with van der Waals surface area (Å²) in [4.78, 5) is 14.4. The lowest BCUT2D eigenvalue weighted by Gasteiger charge is -2.29. The molecule has 1 amide bonds. The molecular weight excluding hydrogens is 272 g/mol. The van der Waals surface area contributed by atoms with Crippen LogP contribution in [0.5, 0.6) is 0 Å². The second kappa shape index (κ2) is 7.09. The van der Waals surface area contributed by atoms with E-state index >= 15 is 0 Å². The summed E-state index contributed by atoms with van der Waals surface area (Å²) in [5.74, 6) is 0.545. The van der Waals surface area contributed by atoms with E-state index in [1.807, 2.05) is 24.8 Å². The van der Waals surface area contributed by atoms with Gasteiger partial charge >= 0.3 is 0 Å². The van der Waals surface area contributed by atoms with Gasteiger partial charge in [0.05, 0.1) is 5.92 Å². The molecule has 1 aliphatic rings. The van der Waals surface area contributed by atoms with Crippen LogP contribution < -0.4 is 5.73 Å². The molecule has 4 atom stereocenters. The summed E-state index contributed by atoms with van der Waals surface area (Å²) in [6, 6.07) is 10.7. The highest BCUT2D eigenvalue weighted by molar-refractivity contribution is 5.85. The molecule has 20 heavy (non-hydrogen) atoms. The van der Waals surface area contributed by atoms with Crippen LogP contribution in [0.4, 0.5) is 0 Å². The second-order valence-electron chi connectivity index (χ2n) is 5.73. The Morgan fingerprint density at radius 2 is 1.90 bits per heavy atom. The van der Waals surface area contributed by atoms with E-state index in [0.29, 0.717) is 5.92 Å². The molecule has 0 spiro atoms. The van der Waals surface area contributed by atoms with Crippen molar-refractivity contribution >= 4 is 18.3 Å². The average molecular weight is 297 g/mol. The first-order valence-electron chi connectivity index (χ1n) is 7.13. The predicted octanol–water partition coefficient (Wildman–Crippen LogP) is 2.80. The molecule has 1 saturated heterocycles. The van der Waals surface area contributed by atoms with Gasteiger partial charge in [0, 0.05) is 24.5 Å². The number of hydrogen-bond donors (Lipinski definition) is 1. The molecule has 112 valence electrons. The molecule has 3 nitrogen and oxygen atoms in total.